The molecule has 1 heterocycles. The summed E-state index contributed by atoms with van der Waals surface area (Å²) in [6, 6.07) is 0. The molecule has 1 amide bonds. The van der Waals surface area contributed by atoms with Gasteiger partial charge in [0.15, 0.2) is 0 Å². The van der Waals surface area contributed by atoms with Crippen LogP contribution in [-0.4, -0.2) is 64.6 Å². The van der Waals surface area contributed by atoms with E-state index in [0.29, 0.717) is 18.3 Å². The van der Waals surface area contributed by atoms with Crippen LogP contribution in [0.1, 0.15) is 24.5 Å². The number of carbonyl (C=O) groups is 1. The summed E-state index contributed by atoms with van der Waals surface area (Å²) in [7, 11) is 3.99. The van der Waals surface area contributed by atoms with Crippen molar-refractivity contribution in [3.05, 3.63) is 12.2 Å². The standard InChI is InChI=1S/C11H21N5O/c1-9(2)7-16(6-5-15(3)4)11(17)10-12-8-13-14-10/h8-9H,5-7H2,1-4H3,(H,12,13,14). The number of hydrogen-bond acceptors (Lipinski definition) is 4. The topological polar surface area (TPSA) is 65.1 Å². The van der Waals surface area contributed by atoms with E-state index in [9.17, 15) is 4.79 Å². The predicted octanol–water partition coefficient (Wildman–Crippen LogP) is 0.465. The summed E-state index contributed by atoms with van der Waals surface area (Å²) >= 11 is 0. The lowest BCUT2D eigenvalue weighted by molar-refractivity contribution is 0.0713. The molecule has 0 saturated heterocycles. The van der Waals surface area contributed by atoms with Crippen molar-refractivity contribution >= 4 is 5.91 Å². The number of nitrogens with one attached hydrogen (secondary N) is 1. The Hall–Kier alpha value is -1.43. The molecular weight excluding hydrogens is 218 g/mol. The average Bonchev–Trinajstić information content (AvgIpc) is 2.75. The molecule has 1 rings (SSSR count). The summed E-state index contributed by atoms with van der Waals surface area (Å²) in [5.74, 6) is 0.659. The predicted molar refractivity (Wildman–Crippen MR) is 65.7 cm³/mol. The van der Waals surface area contributed by atoms with Crippen LogP contribution < -0.4 is 0 Å². The zero-order valence-electron chi connectivity index (χ0n) is 11.0. The molecule has 0 saturated carbocycles. The molecular formula is C11H21N5O. The first-order valence-electron chi connectivity index (χ1n) is 5.80. The van der Waals surface area contributed by atoms with Crippen molar-refractivity contribution in [2.45, 2.75) is 13.8 Å². The second-order valence-electron chi connectivity index (χ2n) is 4.78. The number of likely N-dealkylation sites (N-methyl/N-ethyl adjacent to an activating group) is 1. The minimum absolute atomic E-state index is 0.0851. The van der Waals surface area contributed by atoms with Gasteiger partial charge in [-0.05, 0) is 20.0 Å². The molecule has 0 spiro atoms. The number of H-pyrrole nitrogens is 1. The smallest absolute Gasteiger partial charge is 0.291 e. The van der Waals surface area contributed by atoms with E-state index in [1.165, 1.54) is 6.33 Å². The lowest BCUT2D eigenvalue weighted by Crippen LogP contribution is -2.39. The molecule has 6 nitrogen and oxygen atoms in total. The van der Waals surface area contributed by atoms with Gasteiger partial charge in [0, 0.05) is 19.6 Å². The lowest BCUT2D eigenvalue weighted by Gasteiger charge is -2.25. The summed E-state index contributed by atoms with van der Waals surface area (Å²) in [6.45, 7) is 6.46. The highest BCUT2D eigenvalue weighted by Crippen LogP contribution is 2.03. The largest absolute Gasteiger partial charge is 0.334 e. The number of carbonyl (C=O) groups excluding carboxylic acids is 1. The molecule has 0 unspecified atom stereocenters. The van der Waals surface area contributed by atoms with Crippen molar-refractivity contribution in [2.75, 3.05) is 33.7 Å². The molecule has 0 aliphatic rings. The quantitative estimate of drug-likeness (QED) is 0.783. The van der Waals surface area contributed by atoms with E-state index in [4.69, 9.17) is 0 Å². The Morgan fingerprint density at radius 2 is 2.12 bits per heavy atom. The molecule has 0 aliphatic carbocycles. The van der Waals surface area contributed by atoms with Crippen molar-refractivity contribution in [3.8, 4) is 0 Å². The van der Waals surface area contributed by atoms with E-state index in [1.54, 1.807) is 0 Å². The van der Waals surface area contributed by atoms with E-state index < -0.39 is 0 Å². The van der Waals surface area contributed by atoms with Gasteiger partial charge in [0.1, 0.15) is 6.33 Å². The van der Waals surface area contributed by atoms with Crippen molar-refractivity contribution in [1.82, 2.24) is 25.0 Å². The molecule has 17 heavy (non-hydrogen) atoms. The Balaban J connectivity index is 2.65. The Bertz CT molecular complexity index is 334. The van der Waals surface area contributed by atoms with Crippen LogP contribution in [0.15, 0.2) is 6.33 Å². The van der Waals surface area contributed by atoms with Gasteiger partial charge in [0.05, 0.1) is 0 Å². The molecule has 6 heteroatoms. The van der Waals surface area contributed by atoms with Gasteiger partial charge in [-0.15, -0.1) is 0 Å². The Kier molecular flexibility index (Phi) is 5.09. The van der Waals surface area contributed by atoms with Crippen molar-refractivity contribution in [1.29, 1.82) is 0 Å². The molecule has 0 aromatic carbocycles. The fourth-order valence-electron chi connectivity index (χ4n) is 1.50. The minimum Gasteiger partial charge on any atom is -0.334 e. The van der Waals surface area contributed by atoms with Crippen LogP contribution in [0, 0.1) is 5.92 Å². The Labute approximate surface area is 102 Å². The second-order valence-corrected chi connectivity index (χ2v) is 4.78. The van der Waals surface area contributed by atoms with Crippen LogP contribution in [0.4, 0.5) is 0 Å². The van der Waals surface area contributed by atoms with E-state index in [0.717, 1.165) is 13.1 Å². The SMILES string of the molecule is CC(C)CN(CCN(C)C)C(=O)c1ncn[nH]1. The third-order valence-electron chi connectivity index (χ3n) is 2.31. The summed E-state index contributed by atoms with van der Waals surface area (Å²) in [5.41, 5.74) is 0. The number of aromatic amines is 1. The number of aromatic nitrogens is 3. The average molecular weight is 239 g/mol. The first-order valence-corrected chi connectivity index (χ1v) is 5.80. The molecule has 0 aliphatic heterocycles. The van der Waals surface area contributed by atoms with Crippen molar-refractivity contribution in [2.24, 2.45) is 5.92 Å². The summed E-state index contributed by atoms with van der Waals surface area (Å²) < 4.78 is 0. The molecule has 0 radical (unpaired) electrons. The molecule has 0 atom stereocenters. The third-order valence-corrected chi connectivity index (χ3v) is 2.31. The Morgan fingerprint density at radius 3 is 2.59 bits per heavy atom. The summed E-state index contributed by atoms with van der Waals surface area (Å²) in [5, 5.41) is 6.32. The van der Waals surface area contributed by atoms with E-state index >= 15 is 0 Å². The number of amides is 1. The van der Waals surface area contributed by atoms with E-state index in [1.807, 2.05) is 19.0 Å². The van der Waals surface area contributed by atoms with Gasteiger partial charge in [0.2, 0.25) is 5.82 Å². The first kappa shape index (κ1) is 13.6. The normalized spacial score (nSPS) is 11.2. The fourth-order valence-corrected chi connectivity index (χ4v) is 1.50. The van der Waals surface area contributed by atoms with Crippen molar-refractivity contribution in [3.63, 3.8) is 0 Å². The van der Waals surface area contributed by atoms with Gasteiger partial charge < -0.3 is 9.80 Å². The maximum absolute atomic E-state index is 12.1. The highest BCUT2D eigenvalue weighted by molar-refractivity contribution is 5.90. The molecule has 96 valence electrons. The van der Waals surface area contributed by atoms with Gasteiger partial charge in [-0.1, -0.05) is 13.8 Å². The minimum atomic E-state index is -0.0851. The zero-order valence-corrected chi connectivity index (χ0v) is 11.0. The van der Waals surface area contributed by atoms with Crippen LogP contribution in [0.2, 0.25) is 0 Å². The van der Waals surface area contributed by atoms with Gasteiger partial charge in [-0.3, -0.25) is 9.89 Å². The van der Waals surface area contributed by atoms with Crippen LogP contribution in [0.25, 0.3) is 0 Å². The second kappa shape index (κ2) is 6.34. The Morgan fingerprint density at radius 1 is 1.41 bits per heavy atom. The number of rotatable bonds is 6. The van der Waals surface area contributed by atoms with Gasteiger partial charge in [0.25, 0.3) is 5.91 Å². The highest BCUT2D eigenvalue weighted by Gasteiger charge is 2.19. The molecule has 1 aromatic heterocycles. The molecule has 1 aromatic rings. The summed E-state index contributed by atoms with van der Waals surface area (Å²) in [4.78, 5) is 19.9. The first-order chi connectivity index (χ1) is 8.00. The number of nitrogens with zero attached hydrogens (tertiary/aromatic N) is 4. The maximum atomic E-state index is 12.1. The highest BCUT2D eigenvalue weighted by atomic mass is 16.2. The van der Waals surface area contributed by atoms with Crippen LogP contribution >= 0.6 is 0 Å². The van der Waals surface area contributed by atoms with Crippen LogP contribution in [-0.2, 0) is 0 Å². The van der Waals surface area contributed by atoms with Crippen molar-refractivity contribution < 1.29 is 4.79 Å². The van der Waals surface area contributed by atoms with Gasteiger partial charge in [-0.25, -0.2) is 4.98 Å². The third kappa shape index (κ3) is 4.52. The van der Waals surface area contributed by atoms with Gasteiger partial charge in [-0.2, -0.15) is 5.10 Å². The lowest BCUT2D eigenvalue weighted by atomic mass is 10.2. The maximum Gasteiger partial charge on any atom is 0.291 e. The molecule has 0 fully saturated rings. The fraction of sp³-hybridized carbons (Fsp3) is 0.727. The monoisotopic (exact) mass is 239 g/mol. The zero-order chi connectivity index (χ0) is 12.8. The van der Waals surface area contributed by atoms with E-state index in [2.05, 4.69) is 33.9 Å². The van der Waals surface area contributed by atoms with E-state index in [-0.39, 0.29) is 5.91 Å². The molecule has 1 N–H and O–H groups in total. The van der Waals surface area contributed by atoms with Crippen LogP contribution in [0.3, 0.4) is 0 Å². The summed E-state index contributed by atoms with van der Waals surface area (Å²) in [6.07, 6.45) is 1.35. The number of hydrogen-bond donors (Lipinski definition) is 1. The van der Waals surface area contributed by atoms with Crippen LogP contribution in [0.5, 0.6) is 0 Å². The van der Waals surface area contributed by atoms with Gasteiger partial charge >= 0.3 is 0 Å². The molecule has 0 bridgehead atoms.